The van der Waals surface area contributed by atoms with Crippen LogP contribution >= 0.6 is 12.2 Å². The van der Waals surface area contributed by atoms with Crippen LogP contribution in [0, 0.1) is 4.71 Å². The topological polar surface area (TPSA) is 28.9 Å². The summed E-state index contributed by atoms with van der Waals surface area (Å²) in [6, 6.07) is 1.55. The first kappa shape index (κ1) is 10.4. The quantitative estimate of drug-likeness (QED) is 0.498. The van der Waals surface area contributed by atoms with Crippen LogP contribution in [0.3, 0.4) is 0 Å². The second-order valence-corrected chi connectivity index (χ2v) is 1.94. The average Bonchev–Trinajstić information content (AvgIpc) is 2.40. The Labute approximate surface area is 73.4 Å². The molecule has 0 aliphatic heterocycles. The maximum absolute atomic E-state index is 5.18. The summed E-state index contributed by atoms with van der Waals surface area (Å²) in [5, 5.41) is 2.61. The fraction of sp³-hybridized carbons (Fsp3) is 0.333. The van der Waals surface area contributed by atoms with Crippen molar-refractivity contribution < 1.29 is 4.52 Å². The van der Waals surface area contributed by atoms with Gasteiger partial charge >= 0.3 is 59.1 Å². The van der Waals surface area contributed by atoms with Gasteiger partial charge in [-0.3, -0.25) is 0 Å². The molecule has 1 heterocycles. The molecule has 11 heavy (non-hydrogen) atoms. The SMILES string of the molecule is CC.[B]C(=[B])c1cc(=S)o[nH]1. The van der Waals surface area contributed by atoms with E-state index in [9.17, 15) is 0 Å². The Kier molecular flexibility index (Phi) is 4.86. The Bertz CT molecular complexity index is 278. The molecular formula is C6H8B2NOS. The number of aromatic amines is 1. The van der Waals surface area contributed by atoms with Crippen molar-refractivity contribution in [3.05, 3.63) is 16.5 Å². The minimum absolute atomic E-state index is 0.176. The molecule has 0 saturated carbocycles. The van der Waals surface area contributed by atoms with Gasteiger partial charge in [-0.15, -0.1) is 0 Å². The summed E-state index contributed by atoms with van der Waals surface area (Å²) in [7, 11) is 10.4. The molecule has 1 aromatic heterocycles. The summed E-state index contributed by atoms with van der Waals surface area (Å²) >= 11 is 4.63. The van der Waals surface area contributed by atoms with Gasteiger partial charge in [0.15, 0.2) is 0 Å². The molecule has 0 unspecified atom stereocenters. The van der Waals surface area contributed by atoms with Crippen molar-refractivity contribution in [2.75, 3.05) is 0 Å². The maximum atomic E-state index is 5.18. The van der Waals surface area contributed by atoms with Gasteiger partial charge in [0.25, 0.3) is 0 Å². The van der Waals surface area contributed by atoms with Crippen LogP contribution in [0.1, 0.15) is 19.5 Å². The van der Waals surface area contributed by atoms with E-state index in [0.29, 0.717) is 10.4 Å². The first-order chi connectivity index (χ1) is 5.20. The molecular weight excluding hydrogens is 156 g/mol. The molecule has 0 fully saturated rings. The molecule has 0 bridgehead atoms. The number of hydrogen-bond acceptors (Lipinski definition) is 2. The molecule has 2 nitrogen and oxygen atoms in total. The van der Waals surface area contributed by atoms with E-state index in [1.54, 1.807) is 6.07 Å². The molecule has 5 heteroatoms. The van der Waals surface area contributed by atoms with E-state index in [1.165, 1.54) is 0 Å². The normalized spacial score (nSPS) is 8.09. The molecule has 0 aromatic carbocycles. The first-order valence-corrected chi connectivity index (χ1v) is 3.68. The zero-order chi connectivity index (χ0) is 8.85. The van der Waals surface area contributed by atoms with Crippen LogP contribution in [0.4, 0.5) is 0 Å². The van der Waals surface area contributed by atoms with Crippen molar-refractivity contribution in [2.24, 2.45) is 0 Å². The van der Waals surface area contributed by atoms with Gasteiger partial charge in [0.1, 0.15) is 0 Å². The molecule has 1 N–H and O–H groups in total. The Balaban J connectivity index is 0.000000461. The molecule has 0 amide bonds. The third-order valence-corrected chi connectivity index (χ3v) is 1.04. The fourth-order valence-corrected chi connectivity index (χ4v) is 0.584. The van der Waals surface area contributed by atoms with E-state index in [4.69, 9.17) is 15.3 Å². The van der Waals surface area contributed by atoms with Gasteiger partial charge in [0.2, 0.25) is 0 Å². The van der Waals surface area contributed by atoms with Crippen LogP contribution in [-0.4, -0.2) is 25.9 Å². The predicted molar refractivity (Wildman–Crippen MR) is 50.9 cm³/mol. The Morgan fingerprint density at radius 2 is 2.18 bits per heavy atom. The van der Waals surface area contributed by atoms with Gasteiger partial charge in [0, 0.05) is 0 Å². The van der Waals surface area contributed by atoms with Crippen LogP contribution in [0.2, 0.25) is 0 Å². The number of H-pyrrole nitrogens is 1. The van der Waals surface area contributed by atoms with E-state index in [0.717, 1.165) is 0 Å². The second kappa shape index (κ2) is 5.13. The van der Waals surface area contributed by atoms with Gasteiger partial charge in [-0.1, -0.05) is 13.8 Å². The third kappa shape index (κ3) is 3.37. The first-order valence-electron chi connectivity index (χ1n) is 3.27. The van der Waals surface area contributed by atoms with E-state index < -0.39 is 0 Å². The summed E-state index contributed by atoms with van der Waals surface area (Å²) in [6.07, 6.45) is 0. The molecule has 0 spiro atoms. The van der Waals surface area contributed by atoms with Crippen LogP contribution in [-0.2, 0) is 0 Å². The number of nitrogens with one attached hydrogen (secondary N) is 1. The Hall–Kier alpha value is -0.570. The van der Waals surface area contributed by atoms with Crippen molar-refractivity contribution in [1.29, 1.82) is 0 Å². The Morgan fingerprint density at radius 3 is 2.36 bits per heavy atom. The minimum atomic E-state index is 0.176. The van der Waals surface area contributed by atoms with Crippen LogP contribution in [0.15, 0.2) is 10.6 Å². The van der Waals surface area contributed by atoms with Crippen molar-refractivity contribution in [3.63, 3.8) is 0 Å². The summed E-state index contributed by atoms with van der Waals surface area (Å²) in [5.41, 5.74) is 0.528. The third-order valence-electron chi connectivity index (χ3n) is 0.835. The number of rotatable bonds is 1. The van der Waals surface area contributed by atoms with Crippen LogP contribution in [0.5, 0.6) is 0 Å². The number of hydrogen-bond donors (Lipinski definition) is 1. The Morgan fingerprint density at radius 1 is 1.64 bits per heavy atom. The van der Waals surface area contributed by atoms with E-state index in [2.05, 4.69) is 21.9 Å². The summed E-state index contributed by atoms with van der Waals surface area (Å²) in [6.45, 7) is 4.00. The summed E-state index contributed by atoms with van der Waals surface area (Å²) in [5.74, 6) is 0. The summed E-state index contributed by atoms with van der Waals surface area (Å²) in [4.78, 5) is 0. The summed E-state index contributed by atoms with van der Waals surface area (Å²) < 4.78 is 4.98. The molecule has 1 rings (SSSR count). The average molecular weight is 164 g/mol. The van der Waals surface area contributed by atoms with Crippen molar-refractivity contribution in [3.8, 4) is 0 Å². The monoisotopic (exact) mass is 164 g/mol. The van der Waals surface area contributed by atoms with E-state index in [-0.39, 0.29) is 5.36 Å². The molecule has 55 valence electrons. The standard InChI is InChI=1S/C4H2B2NOS.C2H6/c5-4(6)2-1-3(9)8-7-2;1-2/h1,7H;1-2H3. The zero-order valence-electron chi connectivity index (χ0n) is 6.55. The van der Waals surface area contributed by atoms with Gasteiger partial charge in [0.05, 0.1) is 0 Å². The van der Waals surface area contributed by atoms with Crippen molar-refractivity contribution in [2.45, 2.75) is 13.8 Å². The van der Waals surface area contributed by atoms with Gasteiger partial charge in [-0.25, -0.2) is 0 Å². The molecule has 0 saturated heterocycles. The molecule has 0 aliphatic rings. The van der Waals surface area contributed by atoms with Gasteiger partial charge in [-0.05, 0) is 0 Å². The van der Waals surface area contributed by atoms with Crippen molar-refractivity contribution >= 4 is 32.9 Å². The zero-order valence-corrected chi connectivity index (χ0v) is 7.37. The van der Waals surface area contributed by atoms with Crippen LogP contribution in [0.25, 0.3) is 0 Å². The number of aromatic nitrogens is 1. The predicted octanol–water partition coefficient (Wildman–Crippen LogP) is 1.18. The molecule has 1 aromatic rings. The van der Waals surface area contributed by atoms with E-state index >= 15 is 0 Å². The molecule has 0 aliphatic carbocycles. The van der Waals surface area contributed by atoms with Gasteiger partial charge in [-0.2, -0.15) is 0 Å². The molecule has 0 atom stereocenters. The van der Waals surface area contributed by atoms with E-state index in [1.807, 2.05) is 13.8 Å². The van der Waals surface area contributed by atoms with Crippen molar-refractivity contribution in [1.82, 2.24) is 5.16 Å². The molecule has 3 radical (unpaired) electrons. The second-order valence-electron chi connectivity index (χ2n) is 1.54. The fourth-order valence-electron chi connectivity index (χ4n) is 0.424. The van der Waals surface area contributed by atoms with Crippen LogP contribution < -0.4 is 0 Å². The van der Waals surface area contributed by atoms with Gasteiger partial charge < -0.3 is 0 Å².